The topological polar surface area (TPSA) is 15.3 Å². The average molecular weight is 210 g/mol. The van der Waals surface area contributed by atoms with Crippen molar-refractivity contribution in [2.24, 2.45) is 11.8 Å². The first-order chi connectivity index (χ1) is 7.13. The van der Waals surface area contributed by atoms with Crippen LogP contribution in [0, 0.1) is 11.8 Å². The first kappa shape index (κ1) is 11.4. The lowest BCUT2D eigenvalue weighted by atomic mass is 9.80. The van der Waals surface area contributed by atoms with Crippen LogP contribution < -0.4 is 5.32 Å². The van der Waals surface area contributed by atoms with Crippen LogP contribution in [0.4, 0.5) is 0 Å². The lowest BCUT2D eigenvalue weighted by Gasteiger charge is -2.41. The van der Waals surface area contributed by atoms with E-state index in [1.54, 1.807) is 0 Å². The summed E-state index contributed by atoms with van der Waals surface area (Å²) in [6.45, 7) is 4.70. The molecule has 2 heterocycles. The molecule has 0 spiro atoms. The number of nitrogens with zero attached hydrogens (tertiary/aromatic N) is 1. The standard InChI is InChI=1S/C13H26N2/c1-9(2)13(14-3)10-7-11-5-6-12(8-10)15(11)4/h9-14H,5-8H2,1-4H3. The lowest BCUT2D eigenvalue weighted by molar-refractivity contribution is 0.102. The second-order valence-electron chi connectivity index (χ2n) is 5.84. The molecule has 2 rings (SSSR count). The maximum atomic E-state index is 3.54. The van der Waals surface area contributed by atoms with Crippen LogP contribution >= 0.6 is 0 Å². The van der Waals surface area contributed by atoms with E-state index < -0.39 is 0 Å². The predicted molar refractivity (Wildman–Crippen MR) is 65.0 cm³/mol. The summed E-state index contributed by atoms with van der Waals surface area (Å²) in [7, 11) is 4.45. The van der Waals surface area contributed by atoms with Gasteiger partial charge >= 0.3 is 0 Å². The molecule has 2 aliphatic rings. The highest BCUT2D eigenvalue weighted by atomic mass is 15.2. The van der Waals surface area contributed by atoms with E-state index in [4.69, 9.17) is 0 Å². The Labute approximate surface area is 94.4 Å². The zero-order chi connectivity index (χ0) is 11.0. The van der Waals surface area contributed by atoms with Crippen LogP contribution in [-0.2, 0) is 0 Å². The van der Waals surface area contributed by atoms with Gasteiger partial charge in [-0.3, -0.25) is 0 Å². The largest absolute Gasteiger partial charge is 0.316 e. The van der Waals surface area contributed by atoms with Crippen molar-refractivity contribution in [2.75, 3.05) is 14.1 Å². The predicted octanol–water partition coefficient (Wildman–Crippen LogP) is 2.10. The Morgan fingerprint density at radius 1 is 1.13 bits per heavy atom. The molecule has 0 aromatic carbocycles. The van der Waals surface area contributed by atoms with Gasteiger partial charge in [0, 0.05) is 18.1 Å². The molecule has 88 valence electrons. The van der Waals surface area contributed by atoms with Gasteiger partial charge in [0.25, 0.3) is 0 Å². The van der Waals surface area contributed by atoms with Gasteiger partial charge in [-0.15, -0.1) is 0 Å². The molecule has 15 heavy (non-hydrogen) atoms. The van der Waals surface area contributed by atoms with Crippen molar-refractivity contribution in [3.8, 4) is 0 Å². The molecule has 0 aromatic heterocycles. The minimum absolute atomic E-state index is 0.724. The van der Waals surface area contributed by atoms with Crippen LogP contribution in [0.1, 0.15) is 39.5 Å². The van der Waals surface area contributed by atoms with Crippen molar-refractivity contribution in [2.45, 2.75) is 57.7 Å². The highest BCUT2D eigenvalue weighted by Crippen LogP contribution is 2.39. The van der Waals surface area contributed by atoms with Crippen molar-refractivity contribution >= 4 is 0 Å². The van der Waals surface area contributed by atoms with Crippen LogP contribution in [0.2, 0.25) is 0 Å². The first-order valence-corrected chi connectivity index (χ1v) is 6.52. The quantitative estimate of drug-likeness (QED) is 0.767. The first-order valence-electron chi connectivity index (χ1n) is 6.52. The van der Waals surface area contributed by atoms with Gasteiger partial charge in [0.15, 0.2) is 0 Å². The summed E-state index contributed by atoms with van der Waals surface area (Å²) in [6, 6.07) is 2.48. The second kappa shape index (κ2) is 4.42. The van der Waals surface area contributed by atoms with E-state index in [-0.39, 0.29) is 0 Å². The molecule has 0 aromatic rings. The fourth-order valence-electron chi connectivity index (χ4n) is 3.86. The van der Waals surface area contributed by atoms with E-state index in [1.165, 1.54) is 25.7 Å². The molecule has 2 aliphatic heterocycles. The fraction of sp³-hybridized carbons (Fsp3) is 1.00. The minimum atomic E-state index is 0.724. The SMILES string of the molecule is CNC(C(C)C)C1CC2CCC(C1)N2C. The Balaban J connectivity index is 2.01. The van der Waals surface area contributed by atoms with E-state index >= 15 is 0 Å². The van der Waals surface area contributed by atoms with Crippen molar-refractivity contribution in [1.29, 1.82) is 0 Å². The smallest absolute Gasteiger partial charge is 0.0116 e. The van der Waals surface area contributed by atoms with E-state index in [9.17, 15) is 0 Å². The number of rotatable bonds is 3. The highest BCUT2D eigenvalue weighted by molar-refractivity contribution is 4.96. The Morgan fingerprint density at radius 3 is 2.07 bits per heavy atom. The van der Waals surface area contributed by atoms with Gasteiger partial charge < -0.3 is 10.2 Å². The molecule has 3 atom stereocenters. The Kier molecular flexibility index (Phi) is 3.36. The molecule has 0 aliphatic carbocycles. The Bertz CT molecular complexity index is 201. The monoisotopic (exact) mass is 210 g/mol. The molecule has 2 heteroatoms. The number of piperidine rings is 1. The summed E-state index contributed by atoms with van der Waals surface area (Å²) >= 11 is 0. The van der Waals surface area contributed by atoms with Crippen molar-refractivity contribution in [1.82, 2.24) is 10.2 Å². The molecule has 2 bridgehead atoms. The number of hydrogen-bond acceptors (Lipinski definition) is 2. The van der Waals surface area contributed by atoms with Crippen molar-refractivity contribution in [3.63, 3.8) is 0 Å². The van der Waals surface area contributed by atoms with Crippen LogP contribution in [0.15, 0.2) is 0 Å². The number of fused-ring (bicyclic) bond motifs is 2. The molecular weight excluding hydrogens is 184 g/mol. The van der Waals surface area contributed by atoms with Gasteiger partial charge in [0.05, 0.1) is 0 Å². The Hall–Kier alpha value is -0.0800. The molecule has 0 radical (unpaired) electrons. The number of hydrogen-bond donors (Lipinski definition) is 1. The molecule has 0 amide bonds. The Morgan fingerprint density at radius 2 is 1.67 bits per heavy atom. The van der Waals surface area contributed by atoms with Gasteiger partial charge in [0.2, 0.25) is 0 Å². The highest BCUT2D eigenvalue weighted by Gasteiger charge is 2.41. The summed E-state index contributed by atoms with van der Waals surface area (Å²) < 4.78 is 0. The van der Waals surface area contributed by atoms with Gasteiger partial charge in [0.1, 0.15) is 0 Å². The molecule has 0 saturated carbocycles. The van der Waals surface area contributed by atoms with Gasteiger partial charge in [-0.05, 0) is 51.6 Å². The van der Waals surface area contributed by atoms with Crippen molar-refractivity contribution < 1.29 is 0 Å². The van der Waals surface area contributed by atoms with Crippen LogP contribution in [0.25, 0.3) is 0 Å². The normalized spacial score (nSPS) is 38.6. The van der Waals surface area contributed by atoms with E-state index in [1.807, 2.05) is 0 Å². The van der Waals surface area contributed by atoms with E-state index in [2.05, 4.69) is 38.2 Å². The van der Waals surface area contributed by atoms with Gasteiger partial charge in [-0.2, -0.15) is 0 Å². The maximum Gasteiger partial charge on any atom is 0.0116 e. The molecule has 2 saturated heterocycles. The number of nitrogens with one attached hydrogen (secondary N) is 1. The molecular formula is C13H26N2. The zero-order valence-electron chi connectivity index (χ0n) is 10.7. The summed E-state index contributed by atoms with van der Waals surface area (Å²) in [5.41, 5.74) is 0. The second-order valence-corrected chi connectivity index (χ2v) is 5.84. The van der Waals surface area contributed by atoms with E-state index in [0.29, 0.717) is 0 Å². The van der Waals surface area contributed by atoms with Crippen LogP contribution in [-0.4, -0.2) is 37.1 Å². The fourth-order valence-corrected chi connectivity index (χ4v) is 3.86. The van der Waals surface area contributed by atoms with Crippen LogP contribution in [0.3, 0.4) is 0 Å². The third-order valence-corrected chi connectivity index (χ3v) is 4.69. The van der Waals surface area contributed by atoms with E-state index in [0.717, 1.165) is 30.0 Å². The van der Waals surface area contributed by atoms with Crippen molar-refractivity contribution in [3.05, 3.63) is 0 Å². The average Bonchev–Trinajstić information content (AvgIpc) is 2.43. The molecule has 3 unspecified atom stereocenters. The third kappa shape index (κ3) is 2.07. The minimum Gasteiger partial charge on any atom is -0.316 e. The zero-order valence-corrected chi connectivity index (χ0v) is 10.7. The lowest BCUT2D eigenvalue weighted by Crippen LogP contribution is -2.48. The summed E-state index contributed by atoms with van der Waals surface area (Å²) in [4.78, 5) is 2.63. The van der Waals surface area contributed by atoms with Gasteiger partial charge in [-0.25, -0.2) is 0 Å². The summed E-state index contributed by atoms with van der Waals surface area (Å²) in [5, 5.41) is 3.54. The third-order valence-electron chi connectivity index (χ3n) is 4.69. The summed E-state index contributed by atoms with van der Waals surface area (Å²) in [6.07, 6.45) is 5.70. The summed E-state index contributed by atoms with van der Waals surface area (Å²) in [5.74, 6) is 1.67. The maximum absolute atomic E-state index is 3.54. The van der Waals surface area contributed by atoms with Gasteiger partial charge in [-0.1, -0.05) is 13.8 Å². The molecule has 2 fully saturated rings. The molecule has 1 N–H and O–H groups in total. The molecule has 2 nitrogen and oxygen atoms in total. The van der Waals surface area contributed by atoms with Crippen LogP contribution in [0.5, 0.6) is 0 Å².